The Balaban J connectivity index is 1.45. The number of alkyl halides is 2. The molecule has 0 saturated carbocycles. The predicted molar refractivity (Wildman–Crippen MR) is 112 cm³/mol. The van der Waals surface area contributed by atoms with Gasteiger partial charge in [-0.1, -0.05) is 42.5 Å². The fourth-order valence-corrected chi connectivity index (χ4v) is 4.46. The molecule has 2 aromatic carbocycles. The van der Waals surface area contributed by atoms with Crippen molar-refractivity contribution in [3.8, 4) is 0 Å². The van der Waals surface area contributed by atoms with Crippen LogP contribution in [0.15, 0.2) is 71.8 Å². The van der Waals surface area contributed by atoms with E-state index >= 15 is 0 Å². The van der Waals surface area contributed by atoms with Crippen LogP contribution < -0.4 is 10.2 Å². The SMILES string of the molecule is O=S(=O)(c1ccccc1NCc1ccc(N2CCc3ccccc3C2)nc1)C(F)F. The smallest absolute Gasteiger partial charge is 0.341 e. The van der Waals surface area contributed by atoms with Crippen LogP contribution in [0.1, 0.15) is 16.7 Å². The largest absolute Gasteiger partial charge is 0.380 e. The van der Waals surface area contributed by atoms with Crippen molar-refractivity contribution in [3.63, 3.8) is 0 Å². The van der Waals surface area contributed by atoms with E-state index in [1.165, 1.54) is 29.3 Å². The summed E-state index contributed by atoms with van der Waals surface area (Å²) in [6, 6.07) is 17.9. The summed E-state index contributed by atoms with van der Waals surface area (Å²) in [7, 11) is -4.68. The first-order valence-electron chi connectivity index (χ1n) is 9.57. The molecule has 1 N–H and O–H groups in total. The van der Waals surface area contributed by atoms with E-state index in [2.05, 4.69) is 33.4 Å². The fourth-order valence-electron chi connectivity index (χ4n) is 3.55. The predicted octanol–water partition coefficient (Wildman–Crippen LogP) is 4.25. The Morgan fingerprint density at radius 1 is 1.00 bits per heavy atom. The number of para-hydroxylation sites is 1. The molecule has 0 saturated heterocycles. The van der Waals surface area contributed by atoms with E-state index in [9.17, 15) is 17.2 Å². The number of halogens is 2. The lowest BCUT2D eigenvalue weighted by atomic mass is 10.00. The van der Waals surface area contributed by atoms with Gasteiger partial charge >= 0.3 is 5.76 Å². The molecule has 1 aromatic heterocycles. The second kappa shape index (κ2) is 8.39. The average molecular weight is 429 g/mol. The van der Waals surface area contributed by atoms with Crippen LogP contribution in [0.4, 0.5) is 20.3 Å². The molecule has 1 aliphatic heterocycles. The van der Waals surface area contributed by atoms with Crippen LogP contribution in [0.25, 0.3) is 0 Å². The summed E-state index contributed by atoms with van der Waals surface area (Å²) in [5.41, 5.74) is 3.63. The zero-order chi connectivity index (χ0) is 21.1. The highest BCUT2D eigenvalue weighted by atomic mass is 32.2. The molecule has 156 valence electrons. The number of aromatic nitrogens is 1. The molecule has 30 heavy (non-hydrogen) atoms. The molecule has 5 nitrogen and oxygen atoms in total. The van der Waals surface area contributed by atoms with Crippen LogP contribution in [-0.4, -0.2) is 25.7 Å². The van der Waals surface area contributed by atoms with Gasteiger partial charge in [-0.15, -0.1) is 0 Å². The quantitative estimate of drug-likeness (QED) is 0.635. The Morgan fingerprint density at radius 2 is 1.73 bits per heavy atom. The highest BCUT2D eigenvalue weighted by Gasteiger charge is 2.28. The number of rotatable bonds is 6. The molecule has 0 unspecified atom stereocenters. The molecule has 0 fully saturated rings. The Kier molecular flexibility index (Phi) is 5.67. The first kappa shape index (κ1) is 20.3. The Labute approximate surface area is 174 Å². The number of nitrogens with zero attached hydrogens (tertiary/aromatic N) is 2. The number of hydrogen-bond acceptors (Lipinski definition) is 5. The van der Waals surface area contributed by atoms with Crippen molar-refractivity contribution < 1.29 is 17.2 Å². The van der Waals surface area contributed by atoms with Crippen molar-refractivity contribution in [2.75, 3.05) is 16.8 Å². The minimum atomic E-state index is -4.68. The van der Waals surface area contributed by atoms with Crippen molar-refractivity contribution in [3.05, 3.63) is 83.6 Å². The summed E-state index contributed by atoms with van der Waals surface area (Å²) < 4.78 is 49.6. The van der Waals surface area contributed by atoms with E-state index in [-0.39, 0.29) is 12.2 Å². The second-order valence-corrected chi connectivity index (χ2v) is 9.01. The van der Waals surface area contributed by atoms with E-state index in [0.29, 0.717) is 0 Å². The number of benzene rings is 2. The Morgan fingerprint density at radius 3 is 2.47 bits per heavy atom. The molecule has 0 radical (unpaired) electrons. The van der Waals surface area contributed by atoms with Crippen LogP contribution in [0.3, 0.4) is 0 Å². The van der Waals surface area contributed by atoms with Crippen molar-refractivity contribution in [2.24, 2.45) is 0 Å². The van der Waals surface area contributed by atoms with Crippen molar-refractivity contribution in [1.29, 1.82) is 0 Å². The minimum absolute atomic E-state index is 0.148. The molecule has 3 aromatic rings. The van der Waals surface area contributed by atoms with E-state index in [1.807, 2.05) is 18.2 Å². The van der Waals surface area contributed by atoms with Crippen molar-refractivity contribution in [1.82, 2.24) is 4.98 Å². The van der Waals surface area contributed by atoms with Gasteiger partial charge in [-0.2, -0.15) is 8.78 Å². The van der Waals surface area contributed by atoms with Gasteiger partial charge in [0.1, 0.15) is 5.82 Å². The number of fused-ring (bicyclic) bond motifs is 1. The second-order valence-electron chi connectivity index (χ2n) is 7.12. The van der Waals surface area contributed by atoms with E-state index in [1.54, 1.807) is 12.3 Å². The lowest BCUT2D eigenvalue weighted by Crippen LogP contribution is -2.30. The first-order chi connectivity index (χ1) is 14.4. The lowest BCUT2D eigenvalue weighted by molar-refractivity contribution is 0.235. The van der Waals surface area contributed by atoms with Crippen LogP contribution in [0.2, 0.25) is 0 Å². The van der Waals surface area contributed by atoms with Gasteiger partial charge in [-0.3, -0.25) is 0 Å². The van der Waals surface area contributed by atoms with Crippen LogP contribution in [0.5, 0.6) is 0 Å². The fraction of sp³-hybridized carbons (Fsp3) is 0.227. The van der Waals surface area contributed by atoms with Gasteiger partial charge in [0.15, 0.2) is 0 Å². The molecule has 0 bridgehead atoms. The molecule has 0 aliphatic carbocycles. The zero-order valence-corrected chi connectivity index (χ0v) is 16.9. The summed E-state index contributed by atoms with van der Waals surface area (Å²) >= 11 is 0. The maximum atomic E-state index is 12.9. The molecule has 2 heterocycles. The summed E-state index contributed by atoms with van der Waals surface area (Å²) in [4.78, 5) is 6.34. The molecule has 0 atom stereocenters. The van der Waals surface area contributed by atoms with E-state index < -0.39 is 20.5 Å². The third-order valence-corrected chi connectivity index (χ3v) is 6.61. The van der Waals surface area contributed by atoms with Gasteiger partial charge in [0.25, 0.3) is 0 Å². The number of sulfone groups is 1. The standard InChI is InChI=1S/C22H21F2N3O2S/c23-22(24)30(28,29)20-8-4-3-7-19(20)25-13-16-9-10-21(26-14-16)27-12-11-17-5-1-2-6-18(17)15-27/h1-10,14,22,25H,11-13,15H2. The monoisotopic (exact) mass is 429 g/mol. The van der Waals surface area contributed by atoms with Gasteiger partial charge < -0.3 is 10.2 Å². The maximum Gasteiger partial charge on any atom is 0.341 e. The summed E-state index contributed by atoms with van der Waals surface area (Å²) in [5, 5.41) is 2.94. The zero-order valence-electron chi connectivity index (χ0n) is 16.1. The number of anilines is 2. The summed E-state index contributed by atoms with van der Waals surface area (Å²) in [5.74, 6) is -2.59. The maximum absolute atomic E-state index is 12.9. The van der Waals surface area contributed by atoms with Gasteiger partial charge in [-0.05, 0) is 41.3 Å². The molecule has 0 amide bonds. The van der Waals surface area contributed by atoms with Gasteiger partial charge in [0, 0.05) is 25.8 Å². The van der Waals surface area contributed by atoms with Crippen LogP contribution >= 0.6 is 0 Å². The Hall–Kier alpha value is -3.00. The van der Waals surface area contributed by atoms with Crippen LogP contribution in [0, 0.1) is 0 Å². The molecule has 4 rings (SSSR count). The molecular formula is C22H21F2N3O2S. The summed E-state index contributed by atoms with van der Waals surface area (Å²) in [6.07, 6.45) is 2.68. The highest BCUT2D eigenvalue weighted by Crippen LogP contribution is 2.27. The topological polar surface area (TPSA) is 62.3 Å². The van der Waals surface area contributed by atoms with Gasteiger partial charge in [-0.25, -0.2) is 13.4 Å². The minimum Gasteiger partial charge on any atom is -0.380 e. The number of pyridine rings is 1. The van der Waals surface area contributed by atoms with Gasteiger partial charge in [0.05, 0.1) is 10.6 Å². The highest BCUT2D eigenvalue weighted by molar-refractivity contribution is 7.91. The lowest BCUT2D eigenvalue weighted by Gasteiger charge is -2.29. The average Bonchev–Trinajstić information content (AvgIpc) is 2.78. The first-order valence-corrected chi connectivity index (χ1v) is 11.1. The molecule has 0 spiro atoms. The van der Waals surface area contributed by atoms with Gasteiger partial charge in [0.2, 0.25) is 9.84 Å². The number of hydrogen-bond donors (Lipinski definition) is 1. The number of nitrogens with one attached hydrogen (secondary N) is 1. The Bertz CT molecular complexity index is 1140. The molecular weight excluding hydrogens is 408 g/mol. The van der Waals surface area contributed by atoms with Crippen molar-refractivity contribution in [2.45, 2.75) is 30.2 Å². The van der Waals surface area contributed by atoms with Crippen molar-refractivity contribution >= 4 is 21.3 Å². The normalized spacial score (nSPS) is 13.9. The molecule has 8 heteroatoms. The van der Waals surface area contributed by atoms with Crippen LogP contribution in [-0.2, 0) is 29.3 Å². The molecule has 1 aliphatic rings. The summed E-state index contributed by atoms with van der Waals surface area (Å²) in [6.45, 7) is 1.96. The van der Waals surface area contributed by atoms with E-state index in [4.69, 9.17) is 0 Å². The third kappa shape index (κ3) is 4.14. The van der Waals surface area contributed by atoms with E-state index in [0.717, 1.165) is 30.9 Å². The third-order valence-electron chi connectivity index (χ3n) is 5.17.